The van der Waals surface area contributed by atoms with Gasteiger partial charge in [0.15, 0.2) is 0 Å². The van der Waals surface area contributed by atoms with Crippen LogP contribution in [-0.2, 0) is 0 Å². The Morgan fingerprint density at radius 1 is 0.765 bits per heavy atom. The van der Waals surface area contributed by atoms with Gasteiger partial charge in [-0.1, -0.05) is 20.9 Å². The van der Waals surface area contributed by atoms with Crippen LogP contribution in [0.3, 0.4) is 0 Å². The summed E-state index contributed by atoms with van der Waals surface area (Å²) >= 11 is 0. The van der Waals surface area contributed by atoms with E-state index in [0.29, 0.717) is 0 Å². The molecule has 0 unspecified atom stereocenters. The SMILES string of the molecule is C.C.Cc1c(C)c(C)c2ncccc2c1C.Cc1cc(N)c(C)c(C)c1C.O.OCC(O)CO. The van der Waals surface area contributed by atoms with Crippen molar-refractivity contribution >= 4 is 16.6 Å². The third-order valence-electron chi connectivity index (χ3n) is 6.20. The standard InChI is InChI=1S/C13H15N.C10H15N.C3H8O3.2CH4.H2O/c1-8-9(2)11(4)13-12(10(8)3)6-5-7-14-13;1-6-5-10(11)9(4)8(3)7(6)2;4-1-3(6)2-5;;;/h5-7H,1-4H3;5H,11H2,1-4H3;3-6H,1-2H2;2*1H4;1H2. The minimum absolute atomic E-state index is 0. The Morgan fingerprint density at radius 2 is 1.24 bits per heavy atom. The van der Waals surface area contributed by atoms with Crippen molar-refractivity contribution in [2.45, 2.75) is 76.3 Å². The molecule has 2 aromatic carbocycles. The molecule has 0 saturated carbocycles. The highest BCUT2D eigenvalue weighted by atomic mass is 16.3. The van der Waals surface area contributed by atoms with Crippen molar-refractivity contribution in [2.24, 2.45) is 0 Å². The molecular weight excluding hydrogens is 428 g/mol. The first-order valence-electron chi connectivity index (χ1n) is 10.5. The van der Waals surface area contributed by atoms with E-state index in [1.165, 1.54) is 49.9 Å². The average Bonchev–Trinajstić information content (AvgIpc) is 2.79. The predicted octanol–water partition coefficient (Wildman–Crippen LogP) is 4.75. The van der Waals surface area contributed by atoms with Gasteiger partial charge in [-0.2, -0.15) is 0 Å². The fourth-order valence-corrected chi connectivity index (χ4v) is 3.25. The number of aromatic nitrogens is 1. The quantitative estimate of drug-likeness (QED) is 0.396. The Hall–Kier alpha value is -2.51. The van der Waals surface area contributed by atoms with E-state index in [1.807, 2.05) is 18.3 Å². The smallest absolute Gasteiger partial charge is 0.100 e. The van der Waals surface area contributed by atoms with Crippen molar-refractivity contribution in [1.82, 2.24) is 4.98 Å². The number of nitrogen functional groups attached to an aromatic ring is 1. The van der Waals surface area contributed by atoms with Crippen molar-refractivity contribution in [3.8, 4) is 0 Å². The molecule has 3 rings (SSSR count). The van der Waals surface area contributed by atoms with E-state index in [0.717, 1.165) is 11.2 Å². The number of benzene rings is 2. The molecule has 6 heteroatoms. The maximum atomic E-state index is 8.17. The fraction of sp³-hybridized carbons (Fsp3) is 0.464. The Morgan fingerprint density at radius 3 is 1.71 bits per heavy atom. The van der Waals surface area contributed by atoms with Crippen LogP contribution in [0.5, 0.6) is 0 Å². The van der Waals surface area contributed by atoms with Crippen LogP contribution in [-0.4, -0.2) is 45.1 Å². The van der Waals surface area contributed by atoms with Gasteiger partial charge < -0.3 is 26.5 Å². The zero-order valence-electron chi connectivity index (χ0n) is 20.7. The number of aryl methyl sites for hydroxylation is 3. The summed E-state index contributed by atoms with van der Waals surface area (Å²) in [6, 6.07) is 6.19. The molecule has 34 heavy (non-hydrogen) atoms. The highest BCUT2D eigenvalue weighted by Crippen LogP contribution is 2.27. The fourth-order valence-electron chi connectivity index (χ4n) is 3.25. The van der Waals surface area contributed by atoms with Crippen LogP contribution < -0.4 is 5.73 Å². The molecule has 0 saturated heterocycles. The Bertz CT molecular complexity index is 956. The van der Waals surface area contributed by atoms with Gasteiger partial charge in [0.25, 0.3) is 0 Å². The number of aliphatic hydroxyl groups excluding tert-OH is 3. The van der Waals surface area contributed by atoms with Gasteiger partial charge in [0.2, 0.25) is 0 Å². The van der Waals surface area contributed by atoms with E-state index in [9.17, 15) is 0 Å². The molecule has 0 radical (unpaired) electrons. The molecule has 0 bridgehead atoms. The molecule has 194 valence electrons. The molecule has 3 aromatic rings. The zero-order valence-corrected chi connectivity index (χ0v) is 20.7. The summed E-state index contributed by atoms with van der Waals surface area (Å²) in [5.74, 6) is 0. The topological polar surface area (TPSA) is 131 Å². The Labute approximate surface area is 206 Å². The van der Waals surface area contributed by atoms with Gasteiger partial charge in [-0.05, 0) is 112 Å². The molecule has 0 atom stereocenters. The van der Waals surface area contributed by atoms with Crippen molar-refractivity contribution in [3.05, 3.63) is 68.9 Å². The van der Waals surface area contributed by atoms with Gasteiger partial charge in [-0.25, -0.2) is 0 Å². The molecular formula is C28H48N2O4. The normalized spacial score (nSPS) is 9.53. The highest BCUT2D eigenvalue weighted by molar-refractivity contribution is 5.87. The lowest BCUT2D eigenvalue weighted by molar-refractivity contribution is 0.0450. The Balaban J connectivity index is -0.000000436. The second kappa shape index (κ2) is 16.2. The van der Waals surface area contributed by atoms with Crippen LogP contribution >= 0.6 is 0 Å². The van der Waals surface area contributed by atoms with Crippen LogP contribution in [0.1, 0.15) is 59.4 Å². The summed E-state index contributed by atoms with van der Waals surface area (Å²) in [5, 5.41) is 25.3. The van der Waals surface area contributed by atoms with E-state index in [-0.39, 0.29) is 33.5 Å². The third-order valence-corrected chi connectivity index (χ3v) is 6.20. The van der Waals surface area contributed by atoms with E-state index in [2.05, 4.69) is 66.4 Å². The lowest BCUT2D eigenvalue weighted by Crippen LogP contribution is -2.15. The molecule has 7 N–H and O–H groups in total. The second-order valence-corrected chi connectivity index (χ2v) is 8.08. The summed E-state index contributed by atoms with van der Waals surface area (Å²) in [4.78, 5) is 4.44. The van der Waals surface area contributed by atoms with Crippen molar-refractivity contribution in [3.63, 3.8) is 0 Å². The van der Waals surface area contributed by atoms with Gasteiger partial charge in [-0.15, -0.1) is 0 Å². The summed E-state index contributed by atoms with van der Waals surface area (Å²) < 4.78 is 0. The molecule has 6 nitrogen and oxygen atoms in total. The first-order valence-corrected chi connectivity index (χ1v) is 10.5. The van der Waals surface area contributed by atoms with Crippen LogP contribution in [0.2, 0.25) is 0 Å². The maximum Gasteiger partial charge on any atom is 0.100 e. The van der Waals surface area contributed by atoms with Gasteiger partial charge in [0, 0.05) is 17.3 Å². The number of hydrogen-bond acceptors (Lipinski definition) is 5. The second-order valence-electron chi connectivity index (χ2n) is 8.08. The Kier molecular flexibility index (Phi) is 17.2. The van der Waals surface area contributed by atoms with E-state index < -0.39 is 6.10 Å². The monoisotopic (exact) mass is 476 g/mol. The molecule has 0 amide bonds. The molecule has 0 fully saturated rings. The summed E-state index contributed by atoms with van der Waals surface area (Å²) in [5.41, 5.74) is 18.5. The summed E-state index contributed by atoms with van der Waals surface area (Å²) in [7, 11) is 0. The van der Waals surface area contributed by atoms with Gasteiger partial charge >= 0.3 is 0 Å². The summed E-state index contributed by atoms with van der Waals surface area (Å²) in [6.07, 6.45) is 0.911. The summed E-state index contributed by atoms with van der Waals surface area (Å²) in [6.45, 7) is 16.4. The average molecular weight is 477 g/mol. The lowest BCUT2D eigenvalue weighted by Gasteiger charge is -2.12. The van der Waals surface area contributed by atoms with Gasteiger partial charge in [0.05, 0.1) is 18.7 Å². The highest BCUT2D eigenvalue weighted by Gasteiger charge is 2.08. The van der Waals surface area contributed by atoms with Gasteiger partial charge in [-0.3, -0.25) is 4.98 Å². The number of anilines is 1. The van der Waals surface area contributed by atoms with E-state index >= 15 is 0 Å². The first-order chi connectivity index (χ1) is 14.5. The van der Waals surface area contributed by atoms with E-state index in [4.69, 9.17) is 21.1 Å². The van der Waals surface area contributed by atoms with E-state index in [1.54, 1.807) is 0 Å². The number of fused-ring (bicyclic) bond motifs is 1. The van der Waals surface area contributed by atoms with Crippen molar-refractivity contribution in [1.29, 1.82) is 0 Å². The molecule has 1 aromatic heterocycles. The minimum Gasteiger partial charge on any atom is -0.412 e. The number of nitrogens with two attached hydrogens (primary N) is 1. The molecule has 0 aliphatic heterocycles. The lowest BCUT2D eigenvalue weighted by atomic mass is 9.95. The number of pyridine rings is 1. The molecule has 0 aliphatic carbocycles. The number of rotatable bonds is 2. The zero-order chi connectivity index (χ0) is 23.9. The maximum absolute atomic E-state index is 8.17. The molecule has 0 spiro atoms. The van der Waals surface area contributed by atoms with Crippen molar-refractivity contribution < 1.29 is 20.8 Å². The van der Waals surface area contributed by atoms with Crippen LogP contribution in [0.25, 0.3) is 10.9 Å². The van der Waals surface area contributed by atoms with Crippen LogP contribution in [0, 0.1) is 55.4 Å². The predicted molar refractivity (Wildman–Crippen MR) is 148 cm³/mol. The van der Waals surface area contributed by atoms with Gasteiger partial charge in [0.1, 0.15) is 6.10 Å². The molecule has 0 aliphatic rings. The number of aliphatic hydroxyl groups is 3. The van der Waals surface area contributed by atoms with Crippen LogP contribution in [0.15, 0.2) is 24.4 Å². The van der Waals surface area contributed by atoms with Crippen LogP contribution in [0.4, 0.5) is 5.69 Å². The third kappa shape index (κ3) is 8.69. The minimum atomic E-state index is -0.954. The van der Waals surface area contributed by atoms with Crippen molar-refractivity contribution in [2.75, 3.05) is 18.9 Å². The largest absolute Gasteiger partial charge is 0.412 e. The number of nitrogens with zero attached hydrogens (tertiary/aromatic N) is 1. The number of hydrogen-bond donors (Lipinski definition) is 4. The first kappa shape index (κ1) is 36.1. The molecule has 1 heterocycles.